The molecule has 3 N–H and O–H groups in total. The summed E-state index contributed by atoms with van der Waals surface area (Å²) < 4.78 is 0. The van der Waals surface area contributed by atoms with Gasteiger partial charge in [0.1, 0.15) is 0 Å². The fourth-order valence-corrected chi connectivity index (χ4v) is 1.57. The Morgan fingerprint density at radius 3 is 2.92 bits per heavy atom. The lowest BCUT2D eigenvalue weighted by Gasteiger charge is -2.11. The normalized spacial score (nSPS) is 12.4. The van der Waals surface area contributed by atoms with Crippen molar-refractivity contribution < 1.29 is 15.0 Å². The minimum absolute atomic E-state index is 0.219. The molecular weight excluding hydrogens is 178 g/mol. The topological polar surface area (TPSA) is 69.6 Å². The average Bonchev–Trinajstić information content (AvgIpc) is 2.51. The van der Waals surface area contributed by atoms with E-state index < -0.39 is 12.1 Å². The molecule has 1 unspecified atom stereocenters. The number of hydrogen-bond donors (Lipinski definition) is 3. The van der Waals surface area contributed by atoms with Gasteiger partial charge in [-0.05, 0) is 22.4 Å². The summed E-state index contributed by atoms with van der Waals surface area (Å²) in [6.45, 7) is -0.219. The van der Waals surface area contributed by atoms with E-state index in [0.717, 1.165) is 5.56 Å². The van der Waals surface area contributed by atoms with Gasteiger partial charge in [-0.3, -0.25) is 0 Å². The van der Waals surface area contributed by atoms with Gasteiger partial charge in [0.25, 0.3) is 0 Å². The molecule has 4 nitrogen and oxygen atoms in total. The van der Waals surface area contributed by atoms with Crippen LogP contribution in [0.3, 0.4) is 0 Å². The SMILES string of the molecule is O=C(O)NC(CO)c1ccsc1. The predicted octanol–water partition coefficient (Wildman–Crippen LogP) is 1.05. The van der Waals surface area contributed by atoms with Crippen molar-refractivity contribution in [3.63, 3.8) is 0 Å². The Morgan fingerprint density at radius 2 is 2.50 bits per heavy atom. The molecule has 0 bridgehead atoms. The van der Waals surface area contributed by atoms with E-state index in [0.29, 0.717) is 0 Å². The van der Waals surface area contributed by atoms with E-state index in [2.05, 4.69) is 5.32 Å². The van der Waals surface area contributed by atoms with E-state index in [1.54, 1.807) is 11.4 Å². The van der Waals surface area contributed by atoms with E-state index in [1.807, 2.05) is 5.38 Å². The third kappa shape index (κ3) is 2.21. The molecule has 12 heavy (non-hydrogen) atoms. The minimum Gasteiger partial charge on any atom is -0.465 e. The van der Waals surface area contributed by atoms with E-state index in [4.69, 9.17) is 10.2 Å². The lowest BCUT2D eigenvalue weighted by Crippen LogP contribution is -2.28. The first-order valence-corrected chi connectivity index (χ1v) is 4.30. The van der Waals surface area contributed by atoms with Crippen molar-refractivity contribution in [2.24, 2.45) is 0 Å². The summed E-state index contributed by atoms with van der Waals surface area (Å²) >= 11 is 1.47. The molecule has 0 aromatic carbocycles. The van der Waals surface area contributed by atoms with Crippen LogP contribution in [0.2, 0.25) is 0 Å². The maximum Gasteiger partial charge on any atom is 0.405 e. The molecular formula is C7H9NO3S. The maximum atomic E-state index is 10.2. The first-order chi connectivity index (χ1) is 5.74. The lowest BCUT2D eigenvalue weighted by molar-refractivity contribution is 0.178. The summed E-state index contributed by atoms with van der Waals surface area (Å²) in [6.07, 6.45) is -1.12. The van der Waals surface area contributed by atoms with Crippen molar-refractivity contribution in [3.8, 4) is 0 Å². The fourth-order valence-electron chi connectivity index (χ4n) is 0.857. The molecule has 0 aliphatic heterocycles. The standard InChI is InChI=1S/C7H9NO3S/c9-3-6(8-7(10)11)5-1-2-12-4-5/h1-2,4,6,8-9H,3H2,(H,10,11). The van der Waals surface area contributed by atoms with E-state index in [-0.39, 0.29) is 6.61 Å². The van der Waals surface area contributed by atoms with Crippen LogP contribution in [0.5, 0.6) is 0 Å². The Morgan fingerprint density at radius 1 is 1.75 bits per heavy atom. The van der Waals surface area contributed by atoms with Gasteiger partial charge in [0.15, 0.2) is 0 Å². The van der Waals surface area contributed by atoms with Gasteiger partial charge >= 0.3 is 6.09 Å². The number of rotatable bonds is 3. The van der Waals surface area contributed by atoms with Gasteiger partial charge in [0.2, 0.25) is 0 Å². The Bertz CT molecular complexity index is 247. The van der Waals surface area contributed by atoms with Crippen LogP contribution in [0.25, 0.3) is 0 Å². The highest BCUT2D eigenvalue weighted by Gasteiger charge is 2.12. The molecule has 5 heteroatoms. The highest BCUT2D eigenvalue weighted by atomic mass is 32.1. The molecule has 0 radical (unpaired) electrons. The van der Waals surface area contributed by atoms with Crippen molar-refractivity contribution in [2.75, 3.05) is 6.61 Å². The van der Waals surface area contributed by atoms with Crippen LogP contribution in [0.1, 0.15) is 11.6 Å². The summed E-state index contributed by atoms with van der Waals surface area (Å²) in [5.41, 5.74) is 0.796. The van der Waals surface area contributed by atoms with Crippen molar-refractivity contribution in [3.05, 3.63) is 22.4 Å². The van der Waals surface area contributed by atoms with Crippen molar-refractivity contribution in [1.82, 2.24) is 5.32 Å². The number of aliphatic hydroxyl groups excluding tert-OH is 1. The zero-order valence-electron chi connectivity index (χ0n) is 6.23. The first-order valence-electron chi connectivity index (χ1n) is 3.36. The predicted molar refractivity (Wildman–Crippen MR) is 45.3 cm³/mol. The second kappa shape index (κ2) is 4.08. The van der Waals surface area contributed by atoms with Crippen LogP contribution in [-0.2, 0) is 0 Å². The summed E-state index contributed by atoms with van der Waals surface area (Å²) in [7, 11) is 0. The molecule has 66 valence electrons. The maximum absolute atomic E-state index is 10.2. The van der Waals surface area contributed by atoms with Gasteiger partial charge in [-0.2, -0.15) is 11.3 Å². The van der Waals surface area contributed by atoms with Crippen molar-refractivity contribution in [2.45, 2.75) is 6.04 Å². The molecule has 0 aliphatic rings. The van der Waals surface area contributed by atoms with Gasteiger partial charge in [0, 0.05) is 0 Å². The highest BCUT2D eigenvalue weighted by molar-refractivity contribution is 7.07. The summed E-state index contributed by atoms with van der Waals surface area (Å²) in [5, 5.41) is 23.1. The summed E-state index contributed by atoms with van der Waals surface area (Å²) in [6, 6.07) is 1.27. The molecule has 1 rings (SSSR count). The smallest absolute Gasteiger partial charge is 0.405 e. The van der Waals surface area contributed by atoms with Crippen LogP contribution >= 0.6 is 11.3 Å². The molecule has 1 heterocycles. The Hall–Kier alpha value is -1.07. The number of amides is 1. The van der Waals surface area contributed by atoms with Crippen LogP contribution in [0.4, 0.5) is 4.79 Å². The summed E-state index contributed by atoms with van der Waals surface area (Å²) in [4.78, 5) is 10.2. The van der Waals surface area contributed by atoms with Crippen molar-refractivity contribution in [1.29, 1.82) is 0 Å². The van der Waals surface area contributed by atoms with Crippen LogP contribution in [-0.4, -0.2) is 22.9 Å². The van der Waals surface area contributed by atoms with Crippen molar-refractivity contribution >= 4 is 17.4 Å². The van der Waals surface area contributed by atoms with Crippen LogP contribution < -0.4 is 5.32 Å². The Labute approximate surface area is 73.5 Å². The van der Waals surface area contributed by atoms with Gasteiger partial charge in [-0.15, -0.1) is 0 Å². The van der Waals surface area contributed by atoms with Gasteiger partial charge in [-0.25, -0.2) is 4.79 Å². The minimum atomic E-state index is -1.12. The Kier molecular flexibility index (Phi) is 3.07. The zero-order valence-corrected chi connectivity index (χ0v) is 7.04. The molecule has 0 spiro atoms. The van der Waals surface area contributed by atoms with Gasteiger partial charge in [-0.1, -0.05) is 0 Å². The number of nitrogens with one attached hydrogen (secondary N) is 1. The third-order valence-corrected chi connectivity index (χ3v) is 2.13. The number of aliphatic hydroxyl groups is 1. The fraction of sp³-hybridized carbons (Fsp3) is 0.286. The quantitative estimate of drug-likeness (QED) is 0.662. The van der Waals surface area contributed by atoms with E-state index in [9.17, 15) is 4.79 Å². The highest BCUT2D eigenvalue weighted by Crippen LogP contribution is 2.15. The monoisotopic (exact) mass is 187 g/mol. The number of carboxylic acid groups (broad SMARTS) is 1. The molecule has 1 aromatic rings. The van der Waals surface area contributed by atoms with Gasteiger partial charge in [0.05, 0.1) is 12.6 Å². The summed E-state index contributed by atoms with van der Waals surface area (Å²) in [5.74, 6) is 0. The molecule has 0 saturated heterocycles. The zero-order chi connectivity index (χ0) is 8.97. The molecule has 0 aliphatic carbocycles. The molecule has 1 aromatic heterocycles. The van der Waals surface area contributed by atoms with Crippen LogP contribution in [0, 0.1) is 0 Å². The molecule has 1 atom stereocenters. The lowest BCUT2D eigenvalue weighted by atomic mass is 10.2. The third-order valence-electron chi connectivity index (χ3n) is 1.43. The second-order valence-corrected chi connectivity index (χ2v) is 3.02. The molecule has 0 saturated carbocycles. The van der Waals surface area contributed by atoms with Crippen LogP contribution in [0.15, 0.2) is 16.8 Å². The molecule has 0 fully saturated rings. The average molecular weight is 187 g/mol. The number of carbonyl (C=O) groups is 1. The number of thiophene rings is 1. The molecule has 1 amide bonds. The Balaban J connectivity index is 2.63. The van der Waals surface area contributed by atoms with E-state index in [1.165, 1.54) is 11.3 Å². The largest absolute Gasteiger partial charge is 0.465 e. The number of hydrogen-bond acceptors (Lipinski definition) is 3. The van der Waals surface area contributed by atoms with Gasteiger partial charge < -0.3 is 15.5 Å². The first kappa shape index (κ1) is 9.02. The van der Waals surface area contributed by atoms with E-state index >= 15 is 0 Å². The second-order valence-electron chi connectivity index (χ2n) is 2.24.